The fraction of sp³-hybridized carbons (Fsp3) is 0.333. The number of nitrogen functional groups attached to an aromatic ring is 1. The average molecular weight is 265 g/mol. The lowest BCUT2D eigenvalue weighted by Crippen LogP contribution is -2.43. The molecular weight excluding hydrogens is 250 g/mol. The topological polar surface area (TPSA) is 84.2 Å². The Morgan fingerprint density at radius 3 is 2.78 bits per heavy atom. The number of carbonyl (C=O) groups excluding carboxylic acids is 2. The molecule has 0 aromatic heterocycles. The van der Waals surface area contributed by atoms with Crippen molar-refractivity contribution in [2.45, 2.75) is 12.5 Å². The van der Waals surface area contributed by atoms with Crippen molar-refractivity contribution in [2.75, 3.05) is 18.0 Å². The molecule has 1 aliphatic heterocycles. The molecule has 0 bridgehead atoms. The number of anilines is 1. The second-order valence-electron chi connectivity index (χ2n) is 4.08. The molecule has 0 aliphatic carbocycles. The predicted molar refractivity (Wildman–Crippen MR) is 72.3 cm³/mol. The molecule has 1 saturated heterocycles. The molecule has 6 heteroatoms. The van der Waals surface area contributed by atoms with Crippen LogP contribution in [0.15, 0.2) is 24.3 Å². The minimum Gasteiger partial charge on any atom is -0.399 e. The highest BCUT2D eigenvalue weighted by Crippen LogP contribution is 2.12. The number of nitrogens with two attached hydrogens (primary N) is 1. The van der Waals surface area contributed by atoms with E-state index in [1.165, 1.54) is 0 Å². The monoisotopic (exact) mass is 265 g/mol. The van der Waals surface area contributed by atoms with E-state index in [0.717, 1.165) is 29.4 Å². The van der Waals surface area contributed by atoms with E-state index in [0.29, 0.717) is 12.3 Å². The Labute approximate surface area is 110 Å². The number of thioether (sulfide) groups is 1. The standard InChI is InChI=1S/C12H15N3O2S/c13-9-3-1-8(2-4-9)5-6-14-11(16)10-7-18-12(17)15-10/h1-4,10H,5-7,13H2,(H,14,16)(H,15,17). The van der Waals surface area contributed by atoms with Crippen molar-refractivity contribution in [1.29, 1.82) is 0 Å². The van der Waals surface area contributed by atoms with Gasteiger partial charge in [-0.15, -0.1) is 0 Å². The van der Waals surface area contributed by atoms with E-state index in [4.69, 9.17) is 5.73 Å². The molecule has 4 N–H and O–H groups in total. The van der Waals surface area contributed by atoms with Gasteiger partial charge >= 0.3 is 0 Å². The quantitative estimate of drug-likeness (QED) is 0.701. The highest BCUT2D eigenvalue weighted by atomic mass is 32.2. The molecule has 5 nitrogen and oxygen atoms in total. The summed E-state index contributed by atoms with van der Waals surface area (Å²) in [6, 6.07) is 7.16. The van der Waals surface area contributed by atoms with Crippen LogP contribution in [0.2, 0.25) is 0 Å². The number of carbonyl (C=O) groups is 2. The summed E-state index contributed by atoms with van der Waals surface area (Å²) in [6.07, 6.45) is 0.750. The highest BCUT2D eigenvalue weighted by Gasteiger charge is 2.27. The maximum absolute atomic E-state index is 11.7. The third-order valence-electron chi connectivity index (χ3n) is 2.68. The van der Waals surface area contributed by atoms with Gasteiger partial charge in [0.25, 0.3) is 5.24 Å². The molecule has 1 atom stereocenters. The molecule has 2 rings (SSSR count). The van der Waals surface area contributed by atoms with Gasteiger partial charge in [-0.3, -0.25) is 9.59 Å². The van der Waals surface area contributed by atoms with Gasteiger partial charge in [-0.25, -0.2) is 0 Å². The maximum atomic E-state index is 11.7. The van der Waals surface area contributed by atoms with Gasteiger partial charge in [0, 0.05) is 18.0 Å². The molecule has 2 amide bonds. The van der Waals surface area contributed by atoms with Crippen LogP contribution in [-0.2, 0) is 11.2 Å². The molecule has 0 saturated carbocycles. The van der Waals surface area contributed by atoms with Gasteiger partial charge in [0.2, 0.25) is 5.91 Å². The SMILES string of the molecule is Nc1ccc(CCNC(=O)C2CSC(=O)N2)cc1. The predicted octanol–water partition coefficient (Wildman–Crippen LogP) is 0.752. The normalized spacial score (nSPS) is 18.4. The lowest BCUT2D eigenvalue weighted by Gasteiger charge is -2.10. The molecule has 18 heavy (non-hydrogen) atoms. The molecule has 1 aliphatic rings. The largest absolute Gasteiger partial charge is 0.399 e. The molecule has 96 valence electrons. The summed E-state index contributed by atoms with van der Waals surface area (Å²) < 4.78 is 0. The summed E-state index contributed by atoms with van der Waals surface area (Å²) in [7, 11) is 0. The van der Waals surface area contributed by atoms with Crippen LogP contribution in [0.1, 0.15) is 5.56 Å². The van der Waals surface area contributed by atoms with E-state index >= 15 is 0 Å². The first-order valence-electron chi connectivity index (χ1n) is 5.70. The first-order valence-corrected chi connectivity index (χ1v) is 6.69. The zero-order valence-electron chi connectivity index (χ0n) is 9.81. The fourth-order valence-electron chi connectivity index (χ4n) is 1.66. The van der Waals surface area contributed by atoms with Crippen LogP contribution in [0.4, 0.5) is 10.5 Å². The average Bonchev–Trinajstić information content (AvgIpc) is 2.78. The summed E-state index contributed by atoms with van der Waals surface area (Å²) in [5.41, 5.74) is 7.44. The lowest BCUT2D eigenvalue weighted by molar-refractivity contribution is -0.122. The Kier molecular flexibility index (Phi) is 4.09. The smallest absolute Gasteiger partial charge is 0.279 e. The molecule has 1 heterocycles. The molecular formula is C12H15N3O2S. The van der Waals surface area contributed by atoms with Crippen molar-refractivity contribution in [3.63, 3.8) is 0 Å². The van der Waals surface area contributed by atoms with E-state index in [9.17, 15) is 9.59 Å². The minimum atomic E-state index is -0.395. The Morgan fingerprint density at radius 2 is 2.17 bits per heavy atom. The van der Waals surface area contributed by atoms with Crippen LogP contribution in [0.3, 0.4) is 0 Å². The first-order chi connectivity index (χ1) is 8.65. The Balaban J connectivity index is 1.73. The van der Waals surface area contributed by atoms with Crippen LogP contribution < -0.4 is 16.4 Å². The van der Waals surface area contributed by atoms with E-state index in [1.807, 2.05) is 24.3 Å². The molecule has 1 aromatic carbocycles. The van der Waals surface area contributed by atoms with Gasteiger partial charge in [0.15, 0.2) is 0 Å². The zero-order valence-corrected chi connectivity index (χ0v) is 10.6. The van der Waals surface area contributed by atoms with Crippen LogP contribution in [0.5, 0.6) is 0 Å². The van der Waals surface area contributed by atoms with E-state index in [-0.39, 0.29) is 11.1 Å². The number of hydrogen-bond acceptors (Lipinski definition) is 4. The van der Waals surface area contributed by atoms with Gasteiger partial charge in [0.05, 0.1) is 0 Å². The third kappa shape index (κ3) is 3.40. The summed E-state index contributed by atoms with van der Waals surface area (Å²) in [6.45, 7) is 0.555. The van der Waals surface area contributed by atoms with Gasteiger partial charge in [-0.05, 0) is 24.1 Å². The summed E-state index contributed by atoms with van der Waals surface area (Å²) >= 11 is 1.14. The summed E-state index contributed by atoms with van der Waals surface area (Å²) in [5, 5.41) is 5.28. The number of hydrogen-bond donors (Lipinski definition) is 3. The second kappa shape index (κ2) is 5.77. The van der Waals surface area contributed by atoms with E-state index in [2.05, 4.69) is 10.6 Å². The fourth-order valence-corrected chi connectivity index (χ4v) is 2.44. The second-order valence-corrected chi connectivity index (χ2v) is 5.07. The van der Waals surface area contributed by atoms with Crippen LogP contribution >= 0.6 is 11.8 Å². The van der Waals surface area contributed by atoms with E-state index < -0.39 is 6.04 Å². The van der Waals surface area contributed by atoms with Crippen molar-refractivity contribution < 1.29 is 9.59 Å². The molecule has 1 fully saturated rings. The van der Waals surface area contributed by atoms with Gasteiger partial charge in [-0.2, -0.15) is 0 Å². The third-order valence-corrected chi connectivity index (χ3v) is 3.56. The van der Waals surface area contributed by atoms with E-state index in [1.54, 1.807) is 0 Å². The van der Waals surface area contributed by atoms with Crippen molar-refractivity contribution in [3.05, 3.63) is 29.8 Å². The Bertz CT molecular complexity index is 447. The van der Waals surface area contributed by atoms with Crippen molar-refractivity contribution in [3.8, 4) is 0 Å². The number of nitrogens with one attached hydrogen (secondary N) is 2. The van der Waals surface area contributed by atoms with Gasteiger partial charge in [-0.1, -0.05) is 23.9 Å². The van der Waals surface area contributed by atoms with Crippen molar-refractivity contribution in [1.82, 2.24) is 10.6 Å². The summed E-state index contributed by atoms with van der Waals surface area (Å²) in [4.78, 5) is 22.6. The molecule has 1 unspecified atom stereocenters. The maximum Gasteiger partial charge on any atom is 0.279 e. The highest BCUT2D eigenvalue weighted by molar-refractivity contribution is 8.14. The van der Waals surface area contributed by atoms with Crippen LogP contribution in [0, 0.1) is 0 Å². The zero-order chi connectivity index (χ0) is 13.0. The molecule has 0 spiro atoms. The van der Waals surface area contributed by atoms with Gasteiger partial charge in [0.1, 0.15) is 6.04 Å². The number of amides is 2. The van der Waals surface area contributed by atoms with Crippen molar-refractivity contribution in [2.24, 2.45) is 0 Å². The molecule has 1 aromatic rings. The summed E-state index contributed by atoms with van der Waals surface area (Å²) in [5.74, 6) is 0.385. The van der Waals surface area contributed by atoms with Crippen LogP contribution in [-0.4, -0.2) is 29.5 Å². The Hall–Kier alpha value is -1.69. The van der Waals surface area contributed by atoms with Crippen molar-refractivity contribution >= 4 is 28.6 Å². The number of rotatable bonds is 4. The van der Waals surface area contributed by atoms with Crippen LogP contribution in [0.25, 0.3) is 0 Å². The lowest BCUT2D eigenvalue weighted by atomic mass is 10.1. The number of benzene rings is 1. The molecule has 0 radical (unpaired) electrons. The van der Waals surface area contributed by atoms with Gasteiger partial charge < -0.3 is 16.4 Å². The first kappa shape index (κ1) is 12.8. The minimum absolute atomic E-state index is 0.121. The Morgan fingerprint density at radius 1 is 1.44 bits per heavy atom.